The van der Waals surface area contributed by atoms with Gasteiger partial charge in [0.25, 0.3) is 0 Å². The lowest BCUT2D eigenvalue weighted by atomic mass is 10.1. The molecule has 0 bridgehead atoms. The van der Waals surface area contributed by atoms with Crippen molar-refractivity contribution in [2.24, 2.45) is 5.73 Å². The number of nitrogens with zero attached hydrogens (tertiary/aromatic N) is 3. The Morgan fingerprint density at radius 3 is 2.75 bits per heavy atom. The van der Waals surface area contributed by atoms with Crippen molar-refractivity contribution in [3.63, 3.8) is 0 Å². The van der Waals surface area contributed by atoms with Gasteiger partial charge in [-0.2, -0.15) is 5.10 Å². The van der Waals surface area contributed by atoms with E-state index in [0.717, 1.165) is 30.1 Å². The van der Waals surface area contributed by atoms with Crippen LogP contribution in [0.4, 0.5) is 0 Å². The molecule has 0 amide bonds. The highest BCUT2D eigenvalue weighted by Crippen LogP contribution is 2.14. The zero-order chi connectivity index (χ0) is 14.4. The highest BCUT2D eigenvalue weighted by atomic mass is 32.1. The normalized spacial score (nSPS) is 10.4. The molecule has 2 aromatic rings. The Balaban J connectivity index is 1.93. The van der Waals surface area contributed by atoms with Gasteiger partial charge >= 0.3 is 0 Å². The van der Waals surface area contributed by atoms with Gasteiger partial charge in [0.15, 0.2) is 5.82 Å². The van der Waals surface area contributed by atoms with Crippen molar-refractivity contribution in [3.8, 4) is 5.75 Å². The Morgan fingerprint density at radius 1 is 1.35 bits per heavy atom. The lowest BCUT2D eigenvalue weighted by Crippen LogP contribution is -2.11. The minimum absolute atomic E-state index is 0.411. The predicted octanol–water partition coefficient (Wildman–Crippen LogP) is 2.10. The van der Waals surface area contributed by atoms with Crippen LogP contribution in [0.2, 0.25) is 0 Å². The zero-order valence-electron chi connectivity index (χ0n) is 11.5. The molecule has 0 atom stereocenters. The van der Waals surface area contributed by atoms with Crippen LogP contribution < -0.4 is 10.5 Å². The monoisotopic (exact) mass is 290 g/mol. The third-order valence-corrected chi connectivity index (χ3v) is 2.95. The summed E-state index contributed by atoms with van der Waals surface area (Å²) in [7, 11) is 0. The van der Waals surface area contributed by atoms with Gasteiger partial charge in [0.05, 0.1) is 4.99 Å². The number of rotatable bonds is 7. The number of thiocarbonyl (C=S) groups is 1. The van der Waals surface area contributed by atoms with Crippen LogP contribution in [0.3, 0.4) is 0 Å². The smallest absolute Gasteiger partial charge is 0.164 e. The summed E-state index contributed by atoms with van der Waals surface area (Å²) in [6.45, 7) is 3.37. The van der Waals surface area contributed by atoms with Crippen molar-refractivity contribution < 1.29 is 4.74 Å². The van der Waals surface area contributed by atoms with Gasteiger partial charge in [-0.15, -0.1) is 0 Å². The van der Waals surface area contributed by atoms with Gasteiger partial charge in [-0.3, -0.25) is 0 Å². The first-order valence-electron chi connectivity index (χ1n) is 6.55. The molecular weight excluding hydrogens is 272 g/mol. The molecular formula is C14H18N4OS. The van der Waals surface area contributed by atoms with Gasteiger partial charge in [0, 0.05) is 13.0 Å². The van der Waals surface area contributed by atoms with Crippen molar-refractivity contribution in [1.82, 2.24) is 14.8 Å². The summed E-state index contributed by atoms with van der Waals surface area (Å²) in [5, 5.41) is 4.16. The van der Waals surface area contributed by atoms with Crippen LogP contribution in [-0.4, -0.2) is 19.8 Å². The molecule has 5 nitrogen and oxygen atoms in total. The fourth-order valence-corrected chi connectivity index (χ4v) is 2.02. The summed E-state index contributed by atoms with van der Waals surface area (Å²) >= 11 is 4.88. The standard InChI is InChI=1S/C14H18N4OS/c1-2-7-18-14(16-10-17-18)9-19-12-5-3-11(4-6-12)8-13(15)20/h3-6,10H,2,7-9H2,1H3,(H2,15,20). The van der Waals surface area contributed by atoms with Gasteiger partial charge in [-0.1, -0.05) is 31.3 Å². The second kappa shape index (κ2) is 7.00. The molecule has 0 radical (unpaired) electrons. The lowest BCUT2D eigenvalue weighted by molar-refractivity contribution is 0.286. The number of ether oxygens (including phenoxy) is 1. The number of aryl methyl sites for hydroxylation is 1. The molecule has 1 aromatic heterocycles. The molecule has 0 saturated heterocycles. The summed E-state index contributed by atoms with van der Waals surface area (Å²) in [5.41, 5.74) is 6.60. The average Bonchev–Trinajstić information content (AvgIpc) is 2.85. The molecule has 0 aliphatic carbocycles. The Kier molecular flexibility index (Phi) is 5.06. The quantitative estimate of drug-likeness (QED) is 0.791. The van der Waals surface area contributed by atoms with E-state index < -0.39 is 0 Å². The maximum absolute atomic E-state index is 5.71. The predicted molar refractivity (Wildman–Crippen MR) is 81.6 cm³/mol. The van der Waals surface area contributed by atoms with E-state index >= 15 is 0 Å². The van der Waals surface area contributed by atoms with Gasteiger partial charge in [0.1, 0.15) is 18.7 Å². The van der Waals surface area contributed by atoms with E-state index in [2.05, 4.69) is 17.0 Å². The number of benzene rings is 1. The maximum Gasteiger partial charge on any atom is 0.164 e. The summed E-state index contributed by atoms with van der Waals surface area (Å²) in [4.78, 5) is 4.69. The molecule has 6 heteroatoms. The van der Waals surface area contributed by atoms with Crippen LogP contribution in [-0.2, 0) is 19.6 Å². The first-order chi connectivity index (χ1) is 9.69. The first-order valence-corrected chi connectivity index (χ1v) is 6.96. The molecule has 20 heavy (non-hydrogen) atoms. The number of hydrogen-bond donors (Lipinski definition) is 1. The van der Waals surface area contributed by atoms with Crippen LogP contribution in [0.25, 0.3) is 0 Å². The van der Waals surface area contributed by atoms with Crippen molar-refractivity contribution in [3.05, 3.63) is 42.0 Å². The highest BCUT2D eigenvalue weighted by molar-refractivity contribution is 7.80. The van der Waals surface area contributed by atoms with E-state index in [0.29, 0.717) is 18.0 Å². The van der Waals surface area contributed by atoms with Crippen molar-refractivity contribution in [2.75, 3.05) is 0 Å². The maximum atomic E-state index is 5.71. The van der Waals surface area contributed by atoms with Crippen LogP contribution in [0.15, 0.2) is 30.6 Å². The topological polar surface area (TPSA) is 66.0 Å². The minimum Gasteiger partial charge on any atom is -0.486 e. The molecule has 106 valence electrons. The molecule has 2 N–H and O–H groups in total. The van der Waals surface area contributed by atoms with Crippen molar-refractivity contribution in [1.29, 1.82) is 0 Å². The van der Waals surface area contributed by atoms with E-state index in [9.17, 15) is 0 Å². The van der Waals surface area contributed by atoms with Gasteiger partial charge in [-0.25, -0.2) is 9.67 Å². The molecule has 0 spiro atoms. The zero-order valence-corrected chi connectivity index (χ0v) is 12.3. The number of aromatic nitrogens is 3. The molecule has 0 unspecified atom stereocenters. The molecule has 0 aliphatic heterocycles. The minimum atomic E-state index is 0.411. The number of hydrogen-bond acceptors (Lipinski definition) is 4. The van der Waals surface area contributed by atoms with Gasteiger partial charge in [-0.05, 0) is 24.1 Å². The Hall–Kier alpha value is -1.95. The van der Waals surface area contributed by atoms with Crippen molar-refractivity contribution >= 4 is 17.2 Å². The van der Waals surface area contributed by atoms with E-state index in [1.807, 2.05) is 28.9 Å². The fourth-order valence-electron chi connectivity index (χ4n) is 1.85. The molecule has 2 rings (SSSR count). The Morgan fingerprint density at radius 2 is 2.10 bits per heavy atom. The molecule has 0 saturated carbocycles. The summed E-state index contributed by atoms with van der Waals surface area (Å²) in [6.07, 6.45) is 3.18. The summed E-state index contributed by atoms with van der Waals surface area (Å²) < 4.78 is 7.57. The van der Waals surface area contributed by atoms with Gasteiger partial charge < -0.3 is 10.5 Å². The van der Waals surface area contributed by atoms with Crippen LogP contribution in [0.5, 0.6) is 5.75 Å². The molecule has 0 fully saturated rings. The highest BCUT2D eigenvalue weighted by Gasteiger charge is 2.04. The third-order valence-electron chi connectivity index (χ3n) is 2.80. The first kappa shape index (κ1) is 14.5. The lowest BCUT2D eigenvalue weighted by Gasteiger charge is -2.08. The number of nitrogens with two attached hydrogens (primary N) is 1. The second-order valence-electron chi connectivity index (χ2n) is 4.48. The fraction of sp³-hybridized carbons (Fsp3) is 0.357. The van der Waals surface area contributed by atoms with E-state index in [1.54, 1.807) is 6.33 Å². The van der Waals surface area contributed by atoms with Crippen LogP contribution >= 0.6 is 12.2 Å². The second-order valence-corrected chi connectivity index (χ2v) is 5.00. The average molecular weight is 290 g/mol. The molecule has 1 heterocycles. The van der Waals surface area contributed by atoms with Crippen molar-refractivity contribution in [2.45, 2.75) is 32.9 Å². The van der Waals surface area contributed by atoms with Gasteiger partial charge in [0.2, 0.25) is 0 Å². The van der Waals surface area contributed by atoms with E-state index in [4.69, 9.17) is 22.7 Å². The van der Waals surface area contributed by atoms with E-state index in [-0.39, 0.29) is 0 Å². The SMILES string of the molecule is CCCn1ncnc1COc1ccc(CC(N)=S)cc1. The molecule has 1 aromatic carbocycles. The van der Waals surface area contributed by atoms with Crippen LogP contribution in [0, 0.1) is 0 Å². The third kappa shape index (κ3) is 4.03. The Bertz CT molecular complexity index is 565. The van der Waals surface area contributed by atoms with E-state index in [1.165, 1.54) is 0 Å². The summed E-state index contributed by atoms with van der Waals surface area (Å²) in [6, 6.07) is 7.75. The molecule has 0 aliphatic rings. The summed E-state index contributed by atoms with van der Waals surface area (Å²) in [5.74, 6) is 1.63. The van der Waals surface area contributed by atoms with Crippen LogP contribution in [0.1, 0.15) is 24.7 Å². The Labute approximate surface area is 123 Å². The largest absolute Gasteiger partial charge is 0.486 e.